The van der Waals surface area contributed by atoms with Crippen LogP contribution in [0, 0.1) is 12.3 Å². The highest BCUT2D eigenvalue weighted by molar-refractivity contribution is 7.89. The van der Waals surface area contributed by atoms with Gasteiger partial charge in [-0.1, -0.05) is 30.2 Å². The monoisotopic (exact) mass is 358 g/mol. The molecule has 6 nitrogen and oxygen atoms in total. The van der Waals surface area contributed by atoms with E-state index in [-0.39, 0.29) is 18.0 Å². The minimum absolute atomic E-state index is 0.120. The van der Waals surface area contributed by atoms with Crippen molar-refractivity contribution in [3.63, 3.8) is 0 Å². The van der Waals surface area contributed by atoms with Gasteiger partial charge in [0.1, 0.15) is 12.4 Å². The summed E-state index contributed by atoms with van der Waals surface area (Å²) in [5, 5.41) is 2.64. The number of hydrogen-bond donors (Lipinski definition) is 1. The van der Waals surface area contributed by atoms with Crippen LogP contribution in [-0.2, 0) is 14.8 Å². The van der Waals surface area contributed by atoms with E-state index in [0.717, 1.165) is 4.31 Å². The summed E-state index contributed by atoms with van der Waals surface area (Å²) in [5.74, 6) is 2.40. The van der Waals surface area contributed by atoms with Crippen LogP contribution in [0.15, 0.2) is 59.5 Å². The van der Waals surface area contributed by atoms with Crippen molar-refractivity contribution in [2.45, 2.75) is 4.90 Å². The number of carbonyl (C=O) groups is 1. The molecule has 1 N–H and O–H groups in total. The van der Waals surface area contributed by atoms with Crippen molar-refractivity contribution in [3.05, 3.63) is 54.6 Å². The van der Waals surface area contributed by atoms with Crippen molar-refractivity contribution in [1.29, 1.82) is 0 Å². The van der Waals surface area contributed by atoms with Gasteiger partial charge in [-0.15, -0.1) is 6.42 Å². The molecule has 2 aromatic carbocycles. The third-order valence-electron chi connectivity index (χ3n) is 3.26. The lowest BCUT2D eigenvalue weighted by atomic mass is 10.3. The number of nitrogens with zero attached hydrogens (tertiary/aromatic N) is 1. The summed E-state index contributed by atoms with van der Waals surface area (Å²) in [6, 6.07) is 14.6. The van der Waals surface area contributed by atoms with E-state index >= 15 is 0 Å². The third-order valence-corrected chi connectivity index (χ3v) is 5.08. The van der Waals surface area contributed by atoms with Crippen LogP contribution >= 0.6 is 0 Å². The third kappa shape index (κ3) is 5.08. The van der Waals surface area contributed by atoms with Crippen LogP contribution in [0.2, 0.25) is 0 Å². The SMILES string of the molecule is C#CCOc1cccc(NC(=O)CN(C)S(=O)(=O)c2ccccc2)c1. The molecule has 0 aliphatic rings. The van der Waals surface area contributed by atoms with Crippen LogP contribution in [-0.4, -0.2) is 38.8 Å². The first-order valence-corrected chi connectivity index (χ1v) is 8.85. The number of amides is 1. The lowest BCUT2D eigenvalue weighted by Gasteiger charge is -2.17. The number of nitrogens with one attached hydrogen (secondary N) is 1. The summed E-state index contributed by atoms with van der Waals surface area (Å²) < 4.78 is 31.1. The zero-order valence-corrected chi connectivity index (χ0v) is 14.5. The summed E-state index contributed by atoms with van der Waals surface area (Å²) in [5.41, 5.74) is 0.491. The van der Waals surface area contributed by atoms with E-state index in [2.05, 4.69) is 11.2 Å². The predicted molar refractivity (Wildman–Crippen MR) is 95.7 cm³/mol. The first-order chi connectivity index (χ1) is 11.9. The van der Waals surface area contributed by atoms with Crippen LogP contribution in [0.1, 0.15) is 0 Å². The molecule has 0 aromatic heterocycles. The van der Waals surface area contributed by atoms with E-state index in [0.29, 0.717) is 11.4 Å². The molecule has 0 fully saturated rings. The van der Waals surface area contributed by atoms with Crippen molar-refractivity contribution in [1.82, 2.24) is 4.31 Å². The fourth-order valence-corrected chi connectivity index (χ4v) is 3.20. The van der Waals surface area contributed by atoms with Gasteiger partial charge in [-0.25, -0.2) is 8.42 Å². The number of carbonyl (C=O) groups excluding carboxylic acids is 1. The van der Waals surface area contributed by atoms with Gasteiger partial charge in [-0.05, 0) is 24.3 Å². The quantitative estimate of drug-likeness (QED) is 0.768. The van der Waals surface area contributed by atoms with E-state index in [1.807, 2.05) is 0 Å². The molecule has 7 heteroatoms. The van der Waals surface area contributed by atoms with Crippen molar-refractivity contribution in [3.8, 4) is 18.1 Å². The Morgan fingerprint density at radius 1 is 1.20 bits per heavy atom. The van der Waals surface area contributed by atoms with Gasteiger partial charge < -0.3 is 10.1 Å². The molecule has 0 aliphatic heterocycles. The van der Waals surface area contributed by atoms with E-state index in [9.17, 15) is 13.2 Å². The summed E-state index contributed by atoms with van der Waals surface area (Å²) >= 11 is 0. The maximum Gasteiger partial charge on any atom is 0.243 e. The van der Waals surface area contributed by atoms with Crippen molar-refractivity contribution in [2.75, 3.05) is 25.5 Å². The molecule has 1 amide bonds. The second-order valence-electron chi connectivity index (χ2n) is 5.14. The molecule has 2 aromatic rings. The Morgan fingerprint density at radius 3 is 2.60 bits per heavy atom. The molecule has 0 saturated heterocycles. The molecule has 0 unspecified atom stereocenters. The zero-order valence-electron chi connectivity index (χ0n) is 13.7. The normalized spacial score (nSPS) is 10.9. The minimum atomic E-state index is -3.72. The Morgan fingerprint density at radius 2 is 1.92 bits per heavy atom. The van der Waals surface area contributed by atoms with Gasteiger partial charge in [-0.3, -0.25) is 4.79 Å². The summed E-state index contributed by atoms with van der Waals surface area (Å²) in [6.07, 6.45) is 5.13. The van der Waals surface area contributed by atoms with Gasteiger partial charge >= 0.3 is 0 Å². The Labute approximate surface area is 147 Å². The number of terminal acetylenes is 1. The molecule has 130 valence electrons. The highest BCUT2D eigenvalue weighted by Gasteiger charge is 2.22. The molecule has 25 heavy (non-hydrogen) atoms. The first kappa shape index (κ1) is 18.5. The second-order valence-corrected chi connectivity index (χ2v) is 7.19. The topological polar surface area (TPSA) is 75.7 Å². The summed E-state index contributed by atoms with van der Waals surface area (Å²) in [7, 11) is -2.37. The number of anilines is 1. The molecule has 0 saturated carbocycles. The number of ether oxygens (including phenoxy) is 1. The fourth-order valence-electron chi connectivity index (χ4n) is 2.05. The number of hydrogen-bond acceptors (Lipinski definition) is 4. The average Bonchev–Trinajstić information content (AvgIpc) is 2.60. The van der Waals surface area contributed by atoms with Gasteiger partial charge in [-0.2, -0.15) is 4.31 Å². The van der Waals surface area contributed by atoms with E-state index in [1.54, 1.807) is 42.5 Å². The maximum atomic E-state index is 12.4. The van der Waals surface area contributed by atoms with E-state index in [4.69, 9.17) is 11.2 Å². The van der Waals surface area contributed by atoms with Gasteiger partial charge in [0.05, 0.1) is 11.4 Å². The lowest BCUT2D eigenvalue weighted by Crippen LogP contribution is -2.34. The van der Waals surface area contributed by atoms with Crippen molar-refractivity contribution < 1.29 is 17.9 Å². The fraction of sp³-hybridized carbons (Fsp3) is 0.167. The second kappa shape index (κ2) is 8.33. The van der Waals surface area contributed by atoms with Gasteiger partial charge in [0, 0.05) is 18.8 Å². The number of sulfonamides is 1. The van der Waals surface area contributed by atoms with Crippen LogP contribution in [0.5, 0.6) is 5.75 Å². The van der Waals surface area contributed by atoms with Gasteiger partial charge in [0.15, 0.2) is 0 Å². The Hall–Kier alpha value is -2.82. The standard InChI is InChI=1S/C18H18N2O4S/c1-3-12-24-16-9-7-8-15(13-16)19-18(21)14-20(2)25(22,23)17-10-5-4-6-11-17/h1,4-11,13H,12,14H2,2H3,(H,19,21). The highest BCUT2D eigenvalue weighted by Crippen LogP contribution is 2.18. The molecule has 0 bridgehead atoms. The molecule has 0 heterocycles. The van der Waals surface area contributed by atoms with Gasteiger partial charge in [0.25, 0.3) is 0 Å². The number of rotatable bonds is 7. The highest BCUT2D eigenvalue weighted by atomic mass is 32.2. The minimum Gasteiger partial charge on any atom is -0.481 e. The van der Waals surface area contributed by atoms with Crippen LogP contribution < -0.4 is 10.1 Å². The zero-order chi connectivity index (χ0) is 18.3. The smallest absolute Gasteiger partial charge is 0.243 e. The molecular weight excluding hydrogens is 340 g/mol. The van der Waals surface area contributed by atoms with Crippen molar-refractivity contribution >= 4 is 21.6 Å². The Kier molecular flexibility index (Phi) is 6.17. The number of benzene rings is 2. The summed E-state index contributed by atoms with van der Waals surface area (Å²) in [6.45, 7) is -0.192. The largest absolute Gasteiger partial charge is 0.481 e. The summed E-state index contributed by atoms with van der Waals surface area (Å²) in [4.78, 5) is 12.3. The molecular formula is C18H18N2O4S. The Bertz CT molecular complexity index is 873. The van der Waals surface area contributed by atoms with Crippen LogP contribution in [0.4, 0.5) is 5.69 Å². The Balaban J connectivity index is 2.01. The first-order valence-electron chi connectivity index (χ1n) is 7.41. The molecule has 0 atom stereocenters. The number of likely N-dealkylation sites (N-methyl/N-ethyl adjacent to an activating group) is 1. The molecule has 0 radical (unpaired) electrons. The van der Waals surface area contributed by atoms with Crippen LogP contribution in [0.3, 0.4) is 0 Å². The van der Waals surface area contributed by atoms with Crippen LogP contribution in [0.25, 0.3) is 0 Å². The molecule has 0 aliphatic carbocycles. The van der Waals surface area contributed by atoms with E-state index < -0.39 is 15.9 Å². The molecule has 0 spiro atoms. The maximum absolute atomic E-state index is 12.4. The van der Waals surface area contributed by atoms with Crippen molar-refractivity contribution in [2.24, 2.45) is 0 Å². The average molecular weight is 358 g/mol. The predicted octanol–water partition coefficient (Wildman–Crippen LogP) is 1.96. The van der Waals surface area contributed by atoms with E-state index in [1.165, 1.54) is 19.2 Å². The lowest BCUT2D eigenvalue weighted by molar-refractivity contribution is -0.116. The van der Waals surface area contributed by atoms with Gasteiger partial charge in [0.2, 0.25) is 15.9 Å². The molecule has 2 rings (SSSR count).